The van der Waals surface area contributed by atoms with Crippen LogP contribution in [0.3, 0.4) is 0 Å². The van der Waals surface area contributed by atoms with Crippen LogP contribution in [0.2, 0.25) is 0 Å². The minimum atomic E-state index is 0. The van der Waals surface area contributed by atoms with Crippen molar-refractivity contribution in [2.45, 2.75) is 20.4 Å². The van der Waals surface area contributed by atoms with E-state index in [1.165, 1.54) is 0 Å². The van der Waals surface area contributed by atoms with Crippen LogP contribution in [-0.2, 0) is 6.54 Å². The van der Waals surface area contributed by atoms with Gasteiger partial charge in [0.25, 0.3) is 0 Å². The summed E-state index contributed by atoms with van der Waals surface area (Å²) in [6, 6.07) is 5.02. The van der Waals surface area contributed by atoms with Crippen LogP contribution in [0.5, 0.6) is 5.75 Å². The lowest BCUT2D eigenvalue weighted by molar-refractivity contribution is 0.291. The van der Waals surface area contributed by atoms with Gasteiger partial charge in [-0.1, -0.05) is 13.8 Å². The first-order valence-electron chi connectivity index (χ1n) is 5.47. The number of phenols is 1. The van der Waals surface area contributed by atoms with Gasteiger partial charge < -0.3 is 10.8 Å². The molecule has 0 heterocycles. The minimum Gasteiger partial charge on any atom is -0.508 e. The predicted molar refractivity (Wildman–Crippen MR) is 73.0 cm³/mol. The highest BCUT2D eigenvalue weighted by molar-refractivity contribution is 5.95. The Labute approximate surface area is 108 Å². The number of hydrogen-bond donors (Lipinski definition) is 3. The maximum absolute atomic E-state index is 9.72. The van der Waals surface area contributed by atoms with E-state index >= 15 is 0 Å². The summed E-state index contributed by atoms with van der Waals surface area (Å²) in [5, 5.41) is 17.1. The van der Waals surface area contributed by atoms with Gasteiger partial charge in [0.15, 0.2) is 0 Å². The van der Waals surface area contributed by atoms with Crippen LogP contribution in [0.1, 0.15) is 25.0 Å². The normalized spacial score (nSPS) is 10.1. The van der Waals surface area contributed by atoms with Gasteiger partial charge in [-0.15, -0.1) is 12.4 Å². The largest absolute Gasteiger partial charge is 0.508 e. The lowest BCUT2D eigenvalue weighted by Crippen LogP contribution is -2.22. The molecule has 0 aliphatic rings. The van der Waals surface area contributed by atoms with E-state index in [0.29, 0.717) is 12.1 Å². The van der Waals surface area contributed by atoms with Gasteiger partial charge >= 0.3 is 0 Å². The Balaban J connectivity index is 0.00000256. The van der Waals surface area contributed by atoms with Crippen LogP contribution in [0.4, 0.5) is 0 Å². The Bertz CT molecular complexity index is 378. The Morgan fingerprint density at radius 1 is 1.35 bits per heavy atom. The minimum absolute atomic E-state index is 0. The molecule has 0 spiro atoms. The Morgan fingerprint density at radius 3 is 2.41 bits per heavy atom. The van der Waals surface area contributed by atoms with Crippen molar-refractivity contribution in [3.8, 4) is 5.75 Å². The average molecular weight is 258 g/mol. The molecule has 4 N–H and O–H groups in total. The van der Waals surface area contributed by atoms with Crippen molar-refractivity contribution in [3.63, 3.8) is 0 Å². The quantitative estimate of drug-likeness (QED) is 0.558. The molecule has 0 aromatic heterocycles. The molecule has 0 saturated heterocycles. The van der Waals surface area contributed by atoms with Crippen molar-refractivity contribution >= 4 is 18.2 Å². The van der Waals surface area contributed by atoms with Gasteiger partial charge in [0, 0.05) is 17.7 Å². The molecule has 0 bridgehead atoms. The third kappa shape index (κ3) is 4.24. The van der Waals surface area contributed by atoms with Crippen LogP contribution in [-0.4, -0.2) is 28.9 Å². The molecule has 1 rings (SSSR count). The average Bonchev–Trinajstić information content (AvgIpc) is 2.27. The summed E-state index contributed by atoms with van der Waals surface area (Å²) in [6.07, 6.45) is 0. The van der Waals surface area contributed by atoms with Crippen LogP contribution in [0.25, 0.3) is 0 Å². The van der Waals surface area contributed by atoms with Gasteiger partial charge in [0.1, 0.15) is 11.6 Å². The number of nitrogens with zero attached hydrogens (tertiary/aromatic N) is 1. The summed E-state index contributed by atoms with van der Waals surface area (Å²) in [4.78, 5) is 2.19. The van der Waals surface area contributed by atoms with E-state index in [9.17, 15) is 5.11 Å². The van der Waals surface area contributed by atoms with E-state index in [1.54, 1.807) is 18.2 Å². The molecule has 1 aromatic rings. The van der Waals surface area contributed by atoms with E-state index in [-0.39, 0.29) is 24.0 Å². The highest BCUT2D eigenvalue weighted by Crippen LogP contribution is 2.20. The molecule has 1 aromatic carbocycles. The van der Waals surface area contributed by atoms with Gasteiger partial charge in [-0.25, -0.2) is 0 Å². The highest BCUT2D eigenvalue weighted by atomic mass is 35.5. The smallest absolute Gasteiger partial charge is 0.122 e. The summed E-state index contributed by atoms with van der Waals surface area (Å²) >= 11 is 0. The van der Waals surface area contributed by atoms with Gasteiger partial charge in [-0.05, 0) is 31.3 Å². The molecule has 0 aliphatic heterocycles. The highest BCUT2D eigenvalue weighted by Gasteiger charge is 2.07. The number of nitrogens with two attached hydrogens (primary N) is 1. The van der Waals surface area contributed by atoms with Crippen molar-refractivity contribution in [2.75, 3.05) is 13.1 Å². The standard InChI is InChI=1S/C12H19N3O.ClH/c1-3-15(4-2)8-10-7-9(12(13)14)5-6-11(10)16;/h5-7,16H,3-4,8H2,1-2H3,(H3,13,14);1H. The molecule has 0 amide bonds. The van der Waals surface area contributed by atoms with Gasteiger partial charge in [0.2, 0.25) is 0 Å². The predicted octanol–water partition coefficient (Wildman–Crippen LogP) is 1.94. The molecule has 96 valence electrons. The lowest BCUT2D eigenvalue weighted by atomic mass is 10.1. The fourth-order valence-corrected chi connectivity index (χ4v) is 1.57. The third-order valence-electron chi connectivity index (χ3n) is 2.68. The zero-order chi connectivity index (χ0) is 12.1. The number of halogens is 1. The maximum atomic E-state index is 9.72. The molecule has 0 unspecified atom stereocenters. The van der Waals surface area contributed by atoms with E-state index in [2.05, 4.69) is 18.7 Å². The summed E-state index contributed by atoms with van der Waals surface area (Å²) in [7, 11) is 0. The maximum Gasteiger partial charge on any atom is 0.122 e. The first-order chi connectivity index (χ1) is 7.58. The molecule has 17 heavy (non-hydrogen) atoms. The van der Waals surface area contributed by atoms with Crippen molar-refractivity contribution < 1.29 is 5.11 Å². The second-order valence-corrected chi connectivity index (χ2v) is 3.72. The Kier molecular flexibility index (Phi) is 6.61. The SMILES string of the molecule is CCN(CC)Cc1cc(C(=N)N)ccc1O.Cl. The van der Waals surface area contributed by atoms with Crippen molar-refractivity contribution in [1.29, 1.82) is 5.41 Å². The molecule has 0 fully saturated rings. The summed E-state index contributed by atoms with van der Waals surface area (Å²) in [6.45, 7) is 6.70. The van der Waals surface area contributed by atoms with E-state index in [1.807, 2.05) is 0 Å². The van der Waals surface area contributed by atoms with Crippen molar-refractivity contribution in [1.82, 2.24) is 4.90 Å². The van der Waals surface area contributed by atoms with Crippen LogP contribution < -0.4 is 5.73 Å². The second-order valence-electron chi connectivity index (χ2n) is 3.72. The first kappa shape index (κ1) is 15.7. The van der Waals surface area contributed by atoms with E-state index < -0.39 is 0 Å². The van der Waals surface area contributed by atoms with Crippen molar-refractivity contribution in [2.24, 2.45) is 5.73 Å². The summed E-state index contributed by atoms with van der Waals surface area (Å²) < 4.78 is 0. The summed E-state index contributed by atoms with van der Waals surface area (Å²) in [5.41, 5.74) is 6.89. The van der Waals surface area contributed by atoms with Gasteiger partial charge in [0.05, 0.1) is 0 Å². The number of nitrogens with one attached hydrogen (secondary N) is 1. The second kappa shape index (κ2) is 7.14. The van der Waals surface area contributed by atoms with Crippen LogP contribution in [0.15, 0.2) is 18.2 Å². The number of amidine groups is 1. The van der Waals surface area contributed by atoms with Gasteiger partial charge in [-0.2, -0.15) is 0 Å². The first-order valence-corrected chi connectivity index (χ1v) is 5.47. The van der Waals surface area contributed by atoms with Crippen molar-refractivity contribution in [3.05, 3.63) is 29.3 Å². The molecule has 5 heteroatoms. The molecular weight excluding hydrogens is 238 g/mol. The van der Waals surface area contributed by atoms with Gasteiger partial charge in [-0.3, -0.25) is 10.3 Å². The number of aromatic hydroxyl groups is 1. The number of rotatable bonds is 5. The fraction of sp³-hybridized carbons (Fsp3) is 0.417. The zero-order valence-corrected chi connectivity index (χ0v) is 11.0. The summed E-state index contributed by atoms with van der Waals surface area (Å²) in [5.74, 6) is 0.290. The molecule has 0 aliphatic carbocycles. The number of phenolic OH excluding ortho intramolecular Hbond substituents is 1. The third-order valence-corrected chi connectivity index (χ3v) is 2.68. The van der Waals surface area contributed by atoms with Crippen LogP contribution >= 0.6 is 12.4 Å². The monoisotopic (exact) mass is 257 g/mol. The number of hydrogen-bond acceptors (Lipinski definition) is 3. The van der Waals surface area contributed by atoms with E-state index in [0.717, 1.165) is 18.7 Å². The molecule has 0 atom stereocenters. The zero-order valence-electron chi connectivity index (χ0n) is 10.2. The Hall–Kier alpha value is -1.26. The molecule has 0 radical (unpaired) electrons. The number of nitrogen functional groups attached to an aromatic ring is 1. The topological polar surface area (TPSA) is 73.3 Å². The number of benzene rings is 1. The molecule has 4 nitrogen and oxygen atoms in total. The fourth-order valence-electron chi connectivity index (χ4n) is 1.57. The lowest BCUT2D eigenvalue weighted by Gasteiger charge is -2.19. The molecule has 0 saturated carbocycles. The van der Waals surface area contributed by atoms with E-state index in [4.69, 9.17) is 11.1 Å². The molecular formula is C12H20ClN3O. The van der Waals surface area contributed by atoms with Crippen LogP contribution in [0, 0.1) is 5.41 Å². The Morgan fingerprint density at radius 2 is 1.94 bits per heavy atom.